The lowest BCUT2D eigenvalue weighted by Gasteiger charge is -2.18. The average Bonchev–Trinajstić information content (AvgIpc) is 3.27. The van der Waals surface area contributed by atoms with E-state index in [9.17, 15) is 14.4 Å². The predicted octanol–water partition coefficient (Wildman–Crippen LogP) is 17.0. The van der Waals surface area contributed by atoms with Gasteiger partial charge in [0.25, 0.3) is 0 Å². The van der Waals surface area contributed by atoms with Crippen molar-refractivity contribution in [1.29, 1.82) is 0 Å². The summed E-state index contributed by atoms with van der Waals surface area (Å²) in [4.78, 5) is 38.0. The maximum absolute atomic E-state index is 12.8. The first kappa shape index (κ1) is 58.9. The standard InChI is InChI=1S/C56H96O6/c1-4-7-10-13-16-19-22-25-28-31-34-37-40-43-46-49-55(58)61-52-53(51-60-54(57)48-45-42-39-36-33-30-27-24-21-18-15-12-9-6-3)62-56(59)50-47-44-41-38-35-32-29-26-23-20-17-14-11-8-5-2/h7,10,15-16,18-19,24-25,27-28,34,37,53H,4-6,8-9,11-14,17,20-23,26,29-33,35-36,38-52H2,1-3H3/b10-7-,18-15-,19-16-,27-24-,28-25-,37-34-/t53-/m1/s1. The molecule has 0 saturated carbocycles. The van der Waals surface area contributed by atoms with Gasteiger partial charge in [0, 0.05) is 19.3 Å². The van der Waals surface area contributed by atoms with Gasteiger partial charge >= 0.3 is 17.9 Å². The summed E-state index contributed by atoms with van der Waals surface area (Å²) >= 11 is 0. The van der Waals surface area contributed by atoms with Crippen LogP contribution in [0.15, 0.2) is 72.9 Å². The minimum Gasteiger partial charge on any atom is -0.462 e. The lowest BCUT2D eigenvalue weighted by Crippen LogP contribution is -2.30. The minimum atomic E-state index is -0.795. The Labute approximate surface area is 382 Å². The average molecular weight is 865 g/mol. The molecule has 356 valence electrons. The molecular weight excluding hydrogens is 769 g/mol. The zero-order valence-corrected chi connectivity index (χ0v) is 40.6. The molecule has 0 fully saturated rings. The quantitative estimate of drug-likeness (QED) is 0.0262. The van der Waals surface area contributed by atoms with Gasteiger partial charge in [0.2, 0.25) is 0 Å². The molecule has 0 unspecified atom stereocenters. The number of esters is 3. The largest absolute Gasteiger partial charge is 0.462 e. The summed E-state index contributed by atoms with van der Waals surface area (Å²) in [6, 6.07) is 0. The fourth-order valence-corrected chi connectivity index (χ4v) is 7.04. The van der Waals surface area contributed by atoms with Crippen LogP contribution >= 0.6 is 0 Å². The number of hydrogen-bond acceptors (Lipinski definition) is 6. The molecule has 0 aromatic carbocycles. The monoisotopic (exact) mass is 865 g/mol. The lowest BCUT2D eigenvalue weighted by molar-refractivity contribution is -0.167. The Morgan fingerprint density at radius 2 is 0.645 bits per heavy atom. The number of unbranched alkanes of at least 4 members (excludes halogenated alkanes) is 23. The lowest BCUT2D eigenvalue weighted by atomic mass is 10.0. The minimum absolute atomic E-state index is 0.0946. The molecule has 0 spiro atoms. The smallest absolute Gasteiger partial charge is 0.306 e. The fourth-order valence-electron chi connectivity index (χ4n) is 7.04. The summed E-state index contributed by atoms with van der Waals surface area (Å²) in [7, 11) is 0. The number of carbonyl (C=O) groups excluding carboxylic acids is 3. The molecule has 0 aliphatic rings. The van der Waals surface area contributed by atoms with Gasteiger partial charge in [-0.15, -0.1) is 0 Å². The van der Waals surface area contributed by atoms with Crippen LogP contribution in [0.3, 0.4) is 0 Å². The van der Waals surface area contributed by atoms with E-state index in [2.05, 4.69) is 93.7 Å². The van der Waals surface area contributed by atoms with Crippen LogP contribution in [0.4, 0.5) is 0 Å². The van der Waals surface area contributed by atoms with E-state index in [0.717, 1.165) is 109 Å². The van der Waals surface area contributed by atoms with E-state index in [4.69, 9.17) is 14.2 Å². The molecule has 1 atom stereocenters. The Bertz CT molecular complexity index is 1180. The van der Waals surface area contributed by atoms with Crippen molar-refractivity contribution in [2.24, 2.45) is 0 Å². The zero-order chi connectivity index (χ0) is 45.1. The molecule has 0 amide bonds. The third-order valence-electron chi connectivity index (χ3n) is 10.9. The maximum Gasteiger partial charge on any atom is 0.306 e. The van der Waals surface area contributed by atoms with Crippen molar-refractivity contribution in [3.8, 4) is 0 Å². The van der Waals surface area contributed by atoms with E-state index >= 15 is 0 Å². The first-order valence-corrected chi connectivity index (χ1v) is 25.9. The van der Waals surface area contributed by atoms with Gasteiger partial charge in [0.05, 0.1) is 0 Å². The highest BCUT2D eigenvalue weighted by atomic mass is 16.6. The summed E-state index contributed by atoms with van der Waals surface area (Å²) < 4.78 is 16.8. The topological polar surface area (TPSA) is 78.9 Å². The third kappa shape index (κ3) is 47.9. The summed E-state index contributed by atoms with van der Waals surface area (Å²) in [5.41, 5.74) is 0. The predicted molar refractivity (Wildman–Crippen MR) is 265 cm³/mol. The van der Waals surface area contributed by atoms with Gasteiger partial charge in [-0.1, -0.05) is 216 Å². The molecular formula is C56H96O6. The van der Waals surface area contributed by atoms with Gasteiger partial charge in [-0.3, -0.25) is 14.4 Å². The van der Waals surface area contributed by atoms with Crippen molar-refractivity contribution in [2.45, 2.75) is 252 Å². The van der Waals surface area contributed by atoms with E-state index in [1.807, 2.05) is 0 Å². The van der Waals surface area contributed by atoms with Gasteiger partial charge < -0.3 is 14.2 Å². The number of carbonyl (C=O) groups is 3. The van der Waals surface area contributed by atoms with Crippen LogP contribution < -0.4 is 0 Å². The van der Waals surface area contributed by atoms with Crippen molar-refractivity contribution >= 4 is 17.9 Å². The summed E-state index contributed by atoms with van der Waals surface area (Å²) in [5.74, 6) is -0.946. The second kappa shape index (κ2) is 50.5. The highest BCUT2D eigenvalue weighted by Gasteiger charge is 2.19. The normalized spacial score (nSPS) is 12.6. The van der Waals surface area contributed by atoms with Gasteiger partial charge in [-0.2, -0.15) is 0 Å². The molecule has 0 N–H and O–H groups in total. The molecule has 62 heavy (non-hydrogen) atoms. The second-order valence-electron chi connectivity index (χ2n) is 17.1. The number of rotatable bonds is 46. The number of ether oxygens (including phenoxy) is 3. The molecule has 0 bridgehead atoms. The molecule has 0 aliphatic heterocycles. The summed E-state index contributed by atoms with van der Waals surface area (Å²) in [6.45, 7) is 6.44. The van der Waals surface area contributed by atoms with E-state index < -0.39 is 6.10 Å². The molecule has 0 radical (unpaired) electrons. The Morgan fingerprint density at radius 3 is 1.06 bits per heavy atom. The van der Waals surface area contributed by atoms with Crippen LogP contribution in [-0.4, -0.2) is 37.2 Å². The van der Waals surface area contributed by atoms with Crippen molar-refractivity contribution < 1.29 is 28.6 Å². The van der Waals surface area contributed by atoms with E-state index in [1.165, 1.54) is 96.3 Å². The highest BCUT2D eigenvalue weighted by Crippen LogP contribution is 2.15. The van der Waals surface area contributed by atoms with Crippen LogP contribution in [0.25, 0.3) is 0 Å². The Kier molecular flexibility index (Phi) is 47.9. The third-order valence-corrected chi connectivity index (χ3v) is 10.9. The number of allylic oxidation sites excluding steroid dienone is 12. The molecule has 6 heteroatoms. The van der Waals surface area contributed by atoms with E-state index in [1.54, 1.807) is 0 Å². The van der Waals surface area contributed by atoms with Crippen molar-refractivity contribution in [2.75, 3.05) is 13.2 Å². The Morgan fingerprint density at radius 1 is 0.339 bits per heavy atom. The molecule has 0 aromatic heterocycles. The van der Waals surface area contributed by atoms with E-state index in [0.29, 0.717) is 19.3 Å². The molecule has 0 rings (SSSR count). The van der Waals surface area contributed by atoms with Crippen molar-refractivity contribution in [3.63, 3.8) is 0 Å². The van der Waals surface area contributed by atoms with Crippen LogP contribution in [0.1, 0.15) is 245 Å². The zero-order valence-electron chi connectivity index (χ0n) is 40.6. The fraction of sp³-hybridized carbons (Fsp3) is 0.732. The molecule has 0 aliphatic carbocycles. The van der Waals surface area contributed by atoms with Crippen molar-refractivity contribution in [3.05, 3.63) is 72.9 Å². The van der Waals surface area contributed by atoms with Crippen LogP contribution in [-0.2, 0) is 28.6 Å². The second-order valence-corrected chi connectivity index (χ2v) is 17.1. The molecule has 0 saturated heterocycles. The van der Waals surface area contributed by atoms with Crippen LogP contribution in [0.2, 0.25) is 0 Å². The SMILES string of the molecule is CC/C=C\C/C=C\C/C=C\C/C=C\CCCCC(=O)OC[C@@H](COC(=O)CCCCCCC/C=C\C/C=C\CCCC)OC(=O)CCCCCCCCCCCCCCCCC. The first-order chi connectivity index (χ1) is 30.5. The molecule has 6 nitrogen and oxygen atoms in total. The van der Waals surface area contributed by atoms with E-state index in [-0.39, 0.29) is 31.1 Å². The van der Waals surface area contributed by atoms with Crippen molar-refractivity contribution in [1.82, 2.24) is 0 Å². The number of hydrogen-bond donors (Lipinski definition) is 0. The van der Waals surface area contributed by atoms with Gasteiger partial charge in [-0.05, 0) is 83.5 Å². The van der Waals surface area contributed by atoms with Gasteiger partial charge in [0.15, 0.2) is 6.10 Å². The Hall–Kier alpha value is -3.15. The molecule has 0 aromatic rings. The van der Waals surface area contributed by atoms with Gasteiger partial charge in [0.1, 0.15) is 13.2 Å². The van der Waals surface area contributed by atoms with Crippen LogP contribution in [0.5, 0.6) is 0 Å². The maximum atomic E-state index is 12.8. The summed E-state index contributed by atoms with van der Waals surface area (Å²) in [5, 5.41) is 0. The Balaban J connectivity index is 4.46. The highest BCUT2D eigenvalue weighted by molar-refractivity contribution is 5.71. The molecule has 0 heterocycles. The summed E-state index contributed by atoms with van der Waals surface area (Å²) in [6.07, 6.45) is 63.1. The van der Waals surface area contributed by atoms with Crippen LogP contribution in [0, 0.1) is 0 Å². The first-order valence-electron chi connectivity index (χ1n) is 25.9. The van der Waals surface area contributed by atoms with Gasteiger partial charge in [-0.25, -0.2) is 0 Å².